The minimum Gasteiger partial charge on any atom is -0.478 e. The Morgan fingerprint density at radius 2 is 1.21 bits per heavy atom. The van der Waals surface area contributed by atoms with E-state index >= 15 is 0 Å². The highest BCUT2D eigenvalue weighted by Crippen LogP contribution is 2.17. The Labute approximate surface area is 140 Å². The fourth-order valence-electron chi connectivity index (χ4n) is 2.63. The molecule has 1 N–H and O–H groups in total. The summed E-state index contributed by atoms with van der Waals surface area (Å²) in [5, 5.41) is 9.22. The maximum atomic E-state index is 12.6. The highest BCUT2D eigenvalue weighted by atomic mass is 16.4. The normalized spacial score (nSPS) is 10.3. The third kappa shape index (κ3) is 3.41. The topological polar surface area (TPSA) is 54.4 Å². The molecule has 0 bridgehead atoms. The molecule has 3 heteroatoms. The van der Waals surface area contributed by atoms with Gasteiger partial charge in [0.15, 0.2) is 5.78 Å². The van der Waals surface area contributed by atoms with Gasteiger partial charge in [-0.05, 0) is 23.6 Å². The molecule has 0 amide bonds. The summed E-state index contributed by atoms with van der Waals surface area (Å²) in [6.07, 6.45) is 0.793. The smallest absolute Gasteiger partial charge is 0.336 e. The summed E-state index contributed by atoms with van der Waals surface area (Å²) in [5.41, 5.74) is 3.02. The van der Waals surface area contributed by atoms with Crippen LogP contribution in [-0.4, -0.2) is 16.9 Å². The average Bonchev–Trinajstić information content (AvgIpc) is 2.62. The molecule has 3 aromatic carbocycles. The lowest BCUT2D eigenvalue weighted by molar-refractivity contribution is 0.0693. The van der Waals surface area contributed by atoms with Crippen LogP contribution in [-0.2, 0) is 6.42 Å². The summed E-state index contributed by atoms with van der Waals surface area (Å²) in [6.45, 7) is 0. The molecule has 3 nitrogen and oxygen atoms in total. The van der Waals surface area contributed by atoms with E-state index in [-0.39, 0.29) is 16.9 Å². The van der Waals surface area contributed by atoms with Crippen LogP contribution in [0, 0.1) is 0 Å². The van der Waals surface area contributed by atoms with E-state index in [9.17, 15) is 14.7 Å². The van der Waals surface area contributed by atoms with E-state index in [2.05, 4.69) is 12.1 Å². The van der Waals surface area contributed by atoms with E-state index in [1.165, 1.54) is 11.6 Å². The van der Waals surface area contributed by atoms with Crippen molar-refractivity contribution in [1.29, 1.82) is 0 Å². The lowest BCUT2D eigenvalue weighted by atomic mass is 9.96. The molecule has 118 valence electrons. The number of hydrogen-bond acceptors (Lipinski definition) is 2. The van der Waals surface area contributed by atoms with Gasteiger partial charge in [0, 0.05) is 11.1 Å². The zero-order chi connectivity index (χ0) is 16.9. The minimum absolute atomic E-state index is 0.0239. The van der Waals surface area contributed by atoms with Crippen LogP contribution >= 0.6 is 0 Å². The SMILES string of the molecule is O=C(O)c1ccccc1C(=O)c1ccc(Cc2ccccc2)cc1. The Kier molecular flexibility index (Phi) is 4.52. The molecule has 0 fully saturated rings. The van der Waals surface area contributed by atoms with Crippen molar-refractivity contribution >= 4 is 11.8 Å². The standard InChI is InChI=1S/C21H16O3/c22-20(18-8-4-5-9-19(18)21(23)24)17-12-10-16(11-13-17)14-15-6-2-1-3-7-15/h1-13H,14H2,(H,23,24). The first-order valence-electron chi connectivity index (χ1n) is 7.65. The third-order valence-corrected chi connectivity index (χ3v) is 3.87. The number of carboxylic acid groups (broad SMARTS) is 1. The van der Waals surface area contributed by atoms with Gasteiger partial charge >= 0.3 is 5.97 Å². The molecule has 0 saturated heterocycles. The van der Waals surface area contributed by atoms with Crippen LogP contribution in [0.4, 0.5) is 0 Å². The molecule has 0 unspecified atom stereocenters. The Morgan fingerprint density at radius 3 is 1.83 bits per heavy atom. The van der Waals surface area contributed by atoms with Crippen LogP contribution in [0.5, 0.6) is 0 Å². The van der Waals surface area contributed by atoms with Crippen molar-refractivity contribution in [2.75, 3.05) is 0 Å². The molecule has 0 radical (unpaired) electrons. The van der Waals surface area contributed by atoms with E-state index < -0.39 is 5.97 Å². The first-order valence-corrected chi connectivity index (χ1v) is 7.65. The van der Waals surface area contributed by atoms with Crippen LogP contribution in [0.15, 0.2) is 78.9 Å². The zero-order valence-corrected chi connectivity index (χ0v) is 13.0. The van der Waals surface area contributed by atoms with Crippen molar-refractivity contribution < 1.29 is 14.7 Å². The van der Waals surface area contributed by atoms with Gasteiger partial charge in [0.05, 0.1) is 5.56 Å². The Hall–Kier alpha value is -3.20. The van der Waals surface area contributed by atoms with E-state index in [4.69, 9.17) is 0 Å². The van der Waals surface area contributed by atoms with Gasteiger partial charge < -0.3 is 5.11 Å². The van der Waals surface area contributed by atoms with Crippen LogP contribution in [0.3, 0.4) is 0 Å². The summed E-state index contributed by atoms with van der Waals surface area (Å²) in [5.74, 6) is -1.38. The zero-order valence-electron chi connectivity index (χ0n) is 13.0. The molecule has 0 aliphatic rings. The number of rotatable bonds is 5. The van der Waals surface area contributed by atoms with Crippen molar-refractivity contribution in [2.45, 2.75) is 6.42 Å². The van der Waals surface area contributed by atoms with Crippen molar-refractivity contribution in [3.05, 3.63) is 107 Å². The second-order valence-corrected chi connectivity index (χ2v) is 5.54. The Balaban J connectivity index is 1.83. The van der Waals surface area contributed by atoms with Crippen molar-refractivity contribution in [2.24, 2.45) is 0 Å². The van der Waals surface area contributed by atoms with Crippen LogP contribution in [0.1, 0.15) is 37.4 Å². The monoisotopic (exact) mass is 316 g/mol. The van der Waals surface area contributed by atoms with E-state index in [0.717, 1.165) is 12.0 Å². The van der Waals surface area contributed by atoms with Crippen molar-refractivity contribution in [3.63, 3.8) is 0 Å². The maximum absolute atomic E-state index is 12.6. The summed E-state index contributed by atoms with van der Waals surface area (Å²) in [4.78, 5) is 23.8. The van der Waals surface area contributed by atoms with E-state index in [1.807, 2.05) is 30.3 Å². The molecule has 3 aromatic rings. The van der Waals surface area contributed by atoms with Crippen molar-refractivity contribution in [1.82, 2.24) is 0 Å². The third-order valence-electron chi connectivity index (χ3n) is 3.87. The molecule has 0 aromatic heterocycles. The second-order valence-electron chi connectivity index (χ2n) is 5.54. The summed E-state index contributed by atoms with van der Waals surface area (Å²) in [7, 11) is 0. The molecular formula is C21H16O3. The molecule has 0 heterocycles. The quantitative estimate of drug-likeness (QED) is 0.718. The molecule has 0 aliphatic heterocycles. The maximum Gasteiger partial charge on any atom is 0.336 e. The Bertz CT molecular complexity index is 865. The van der Waals surface area contributed by atoms with Crippen LogP contribution in [0.25, 0.3) is 0 Å². The number of carbonyl (C=O) groups excluding carboxylic acids is 1. The van der Waals surface area contributed by atoms with Crippen LogP contribution < -0.4 is 0 Å². The predicted molar refractivity (Wildman–Crippen MR) is 92.5 cm³/mol. The molecule has 0 saturated carbocycles. The predicted octanol–water partition coefficient (Wildman–Crippen LogP) is 4.21. The fourth-order valence-corrected chi connectivity index (χ4v) is 2.63. The van der Waals surface area contributed by atoms with Gasteiger partial charge in [-0.25, -0.2) is 4.79 Å². The average molecular weight is 316 g/mol. The molecular weight excluding hydrogens is 300 g/mol. The van der Waals surface area contributed by atoms with Gasteiger partial charge in [-0.2, -0.15) is 0 Å². The van der Waals surface area contributed by atoms with Gasteiger partial charge in [-0.15, -0.1) is 0 Å². The summed E-state index contributed by atoms with van der Waals surface area (Å²) >= 11 is 0. The minimum atomic E-state index is -1.10. The fraction of sp³-hybridized carbons (Fsp3) is 0.0476. The molecule has 24 heavy (non-hydrogen) atoms. The van der Waals surface area contributed by atoms with Crippen molar-refractivity contribution in [3.8, 4) is 0 Å². The highest BCUT2D eigenvalue weighted by molar-refractivity contribution is 6.14. The number of carbonyl (C=O) groups is 2. The highest BCUT2D eigenvalue weighted by Gasteiger charge is 2.17. The number of aromatic carboxylic acids is 1. The second kappa shape index (κ2) is 6.92. The van der Waals surface area contributed by atoms with Gasteiger partial charge in [-0.1, -0.05) is 72.8 Å². The van der Waals surface area contributed by atoms with E-state index in [0.29, 0.717) is 5.56 Å². The molecule has 3 rings (SSSR count). The summed E-state index contributed by atoms with van der Waals surface area (Å²) in [6, 6.07) is 23.7. The first kappa shape index (κ1) is 15.7. The summed E-state index contributed by atoms with van der Waals surface area (Å²) < 4.78 is 0. The van der Waals surface area contributed by atoms with Gasteiger partial charge in [0.25, 0.3) is 0 Å². The number of hydrogen-bond donors (Lipinski definition) is 1. The van der Waals surface area contributed by atoms with Crippen LogP contribution in [0.2, 0.25) is 0 Å². The van der Waals surface area contributed by atoms with E-state index in [1.54, 1.807) is 30.3 Å². The van der Waals surface area contributed by atoms with Gasteiger partial charge in [-0.3, -0.25) is 4.79 Å². The first-order chi connectivity index (χ1) is 11.6. The number of carboxylic acids is 1. The lowest BCUT2D eigenvalue weighted by Crippen LogP contribution is -2.09. The molecule has 0 atom stereocenters. The number of benzene rings is 3. The Morgan fingerprint density at radius 1 is 0.667 bits per heavy atom. The van der Waals surface area contributed by atoms with Gasteiger partial charge in [0.1, 0.15) is 0 Å². The van der Waals surface area contributed by atoms with Gasteiger partial charge in [0.2, 0.25) is 0 Å². The number of ketones is 1. The largest absolute Gasteiger partial charge is 0.478 e. The molecule has 0 spiro atoms. The lowest BCUT2D eigenvalue weighted by Gasteiger charge is -2.07. The molecule has 0 aliphatic carbocycles.